The average molecular weight is 186 g/mol. The van der Waals surface area contributed by atoms with Crippen molar-refractivity contribution in [2.75, 3.05) is 20.3 Å². The van der Waals surface area contributed by atoms with Gasteiger partial charge in [0.05, 0.1) is 6.61 Å². The SMILES string of the molecule is COCCOc1c[c]c(Cl)cc1. The summed E-state index contributed by atoms with van der Waals surface area (Å²) in [7, 11) is 1.64. The molecular weight excluding hydrogens is 176 g/mol. The monoisotopic (exact) mass is 185 g/mol. The molecule has 0 atom stereocenters. The lowest BCUT2D eigenvalue weighted by Gasteiger charge is -2.04. The van der Waals surface area contributed by atoms with E-state index in [9.17, 15) is 0 Å². The lowest BCUT2D eigenvalue weighted by Crippen LogP contribution is -2.03. The first-order valence-electron chi connectivity index (χ1n) is 3.62. The highest BCUT2D eigenvalue weighted by Gasteiger charge is 1.92. The van der Waals surface area contributed by atoms with Crippen LogP contribution in [-0.2, 0) is 4.74 Å². The minimum Gasteiger partial charge on any atom is -0.491 e. The van der Waals surface area contributed by atoms with Crippen molar-refractivity contribution in [3.8, 4) is 5.75 Å². The molecule has 0 unspecified atom stereocenters. The Morgan fingerprint density at radius 2 is 2.25 bits per heavy atom. The predicted molar refractivity (Wildman–Crippen MR) is 47.7 cm³/mol. The largest absolute Gasteiger partial charge is 0.491 e. The second-order valence-electron chi connectivity index (χ2n) is 2.21. The number of hydrogen-bond acceptors (Lipinski definition) is 2. The minimum absolute atomic E-state index is 0.548. The maximum atomic E-state index is 5.64. The first kappa shape index (κ1) is 9.36. The molecule has 65 valence electrons. The van der Waals surface area contributed by atoms with Crippen molar-refractivity contribution in [3.05, 3.63) is 29.3 Å². The Morgan fingerprint density at radius 3 is 2.83 bits per heavy atom. The van der Waals surface area contributed by atoms with E-state index in [4.69, 9.17) is 21.1 Å². The van der Waals surface area contributed by atoms with E-state index in [1.807, 2.05) is 0 Å². The molecule has 0 aliphatic carbocycles. The fraction of sp³-hybridized carbons (Fsp3) is 0.333. The van der Waals surface area contributed by atoms with Crippen molar-refractivity contribution in [2.45, 2.75) is 0 Å². The average Bonchev–Trinajstić information content (AvgIpc) is 2.09. The molecule has 0 saturated carbocycles. The van der Waals surface area contributed by atoms with Crippen LogP contribution in [0.4, 0.5) is 0 Å². The van der Waals surface area contributed by atoms with Crippen molar-refractivity contribution < 1.29 is 9.47 Å². The second-order valence-corrected chi connectivity index (χ2v) is 2.62. The minimum atomic E-state index is 0.548. The number of halogens is 1. The molecule has 3 heteroatoms. The van der Waals surface area contributed by atoms with Gasteiger partial charge in [-0.05, 0) is 18.2 Å². The van der Waals surface area contributed by atoms with Crippen molar-refractivity contribution in [1.82, 2.24) is 0 Å². The predicted octanol–water partition coefficient (Wildman–Crippen LogP) is 2.17. The van der Waals surface area contributed by atoms with Crippen LogP contribution in [0.1, 0.15) is 0 Å². The molecule has 0 fully saturated rings. The summed E-state index contributed by atoms with van der Waals surface area (Å²) in [5.41, 5.74) is 0. The summed E-state index contributed by atoms with van der Waals surface area (Å²) in [6.07, 6.45) is 0. The third-order valence-electron chi connectivity index (χ3n) is 1.30. The quantitative estimate of drug-likeness (QED) is 0.670. The number of ether oxygens (including phenoxy) is 2. The van der Waals surface area contributed by atoms with E-state index in [1.54, 1.807) is 25.3 Å². The van der Waals surface area contributed by atoms with Crippen LogP contribution < -0.4 is 4.74 Å². The van der Waals surface area contributed by atoms with Crippen LogP contribution in [0.2, 0.25) is 5.02 Å². The van der Waals surface area contributed by atoms with Crippen LogP contribution in [0.5, 0.6) is 5.75 Å². The highest BCUT2D eigenvalue weighted by Crippen LogP contribution is 2.14. The van der Waals surface area contributed by atoms with Crippen molar-refractivity contribution in [1.29, 1.82) is 0 Å². The van der Waals surface area contributed by atoms with Crippen molar-refractivity contribution in [2.24, 2.45) is 0 Å². The molecule has 2 nitrogen and oxygen atoms in total. The lowest BCUT2D eigenvalue weighted by molar-refractivity contribution is 0.146. The highest BCUT2D eigenvalue weighted by molar-refractivity contribution is 6.30. The van der Waals surface area contributed by atoms with Crippen LogP contribution in [0.15, 0.2) is 18.2 Å². The molecule has 0 spiro atoms. The summed E-state index contributed by atoms with van der Waals surface area (Å²) in [5.74, 6) is 0.761. The number of methoxy groups -OCH3 is 1. The van der Waals surface area contributed by atoms with Crippen LogP contribution in [0.3, 0.4) is 0 Å². The fourth-order valence-corrected chi connectivity index (χ4v) is 0.842. The number of benzene rings is 1. The molecule has 1 rings (SSSR count). The van der Waals surface area contributed by atoms with Gasteiger partial charge in [-0.2, -0.15) is 0 Å². The first-order valence-corrected chi connectivity index (χ1v) is 3.99. The maximum absolute atomic E-state index is 5.64. The van der Waals surface area contributed by atoms with Gasteiger partial charge in [-0.1, -0.05) is 11.6 Å². The molecule has 0 aliphatic heterocycles. The highest BCUT2D eigenvalue weighted by atomic mass is 35.5. The molecule has 1 aromatic carbocycles. The summed E-state index contributed by atoms with van der Waals surface area (Å²) in [6, 6.07) is 8.07. The molecule has 0 heterocycles. The Labute approximate surface area is 77.1 Å². The third-order valence-corrected chi connectivity index (χ3v) is 1.54. The zero-order valence-electron chi connectivity index (χ0n) is 6.84. The lowest BCUT2D eigenvalue weighted by atomic mass is 10.3. The smallest absolute Gasteiger partial charge is 0.120 e. The van der Waals surface area contributed by atoms with E-state index in [-0.39, 0.29) is 0 Å². The first-order chi connectivity index (χ1) is 5.83. The third kappa shape index (κ3) is 3.11. The molecule has 0 bridgehead atoms. The summed E-state index contributed by atoms with van der Waals surface area (Å²) in [6.45, 7) is 1.13. The Kier molecular flexibility index (Phi) is 3.91. The summed E-state index contributed by atoms with van der Waals surface area (Å²) >= 11 is 5.64. The summed E-state index contributed by atoms with van der Waals surface area (Å²) in [5, 5.41) is 0.592. The van der Waals surface area contributed by atoms with Crippen LogP contribution in [0, 0.1) is 6.07 Å². The molecule has 1 radical (unpaired) electrons. The Hall–Kier alpha value is -0.730. The van der Waals surface area contributed by atoms with Gasteiger partial charge < -0.3 is 9.47 Å². The number of hydrogen-bond donors (Lipinski definition) is 0. The topological polar surface area (TPSA) is 18.5 Å². The van der Waals surface area contributed by atoms with Gasteiger partial charge in [0, 0.05) is 18.2 Å². The Morgan fingerprint density at radius 1 is 1.42 bits per heavy atom. The number of rotatable bonds is 4. The van der Waals surface area contributed by atoms with Crippen LogP contribution in [-0.4, -0.2) is 20.3 Å². The van der Waals surface area contributed by atoms with E-state index in [0.29, 0.717) is 18.2 Å². The van der Waals surface area contributed by atoms with Gasteiger partial charge in [0.2, 0.25) is 0 Å². The Balaban J connectivity index is 2.37. The van der Waals surface area contributed by atoms with Gasteiger partial charge >= 0.3 is 0 Å². The van der Waals surface area contributed by atoms with Gasteiger partial charge in [-0.15, -0.1) is 0 Å². The zero-order valence-corrected chi connectivity index (χ0v) is 7.60. The van der Waals surface area contributed by atoms with Gasteiger partial charge in [0.25, 0.3) is 0 Å². The Bertz CT molecular complexity index is 220. The van der Waals surface area contributed by atoms with E-state index in [0.717, 1.165) is 5.75 Å². The zero-order chi connectivity index (χ0) is 8.81. The van der Waals surface area contributed by atoms with Gasteiger partial charge in [-0.25, -0.2) is 0 Å². The molecule has 0 N–H and O–H groups in total. The summed E-state index contributed by atoms with van der Waals surface area (Å²) < 4.78 is 10.1. The van der Waals surface area contributed by atoms with E-state index in [2.05, 4.69) is 6.07 Å². The second kappa shape index (κ2) is 5.01. The van der Waals surface area contributed by atoms with Crippen molar-refractivity contribution in [3.63, 3.8) is 0 Å². The van der Waals surface area contributed by atoms with Gasteiger partial charge in [-0.3, -0.25) is 0 Å². The van der Waals surface area contributed by atoms with Crippen LogP contribution >= 0.6 is 11.6 Å². The normalized spacial score (nSPS) is 9.83. The van der Waals surface area contributed by atoms with Crippen LogP contribution in [0.25, 0.3) is 0 Å². The molecule has 0 aromatic heterocycles. The summed E-state index contributed by atoms with van der Waals surface area (Å²) in [4.78, 5) is 0. The van der Waals surface area contributed by atoms with Gasteiger partial charge in [0.15, 0.2) is 0 Å². The molecule has 12 heavy (non-hydrogen) atoms. The van der Waals surface area contributed by atoms with E-state index < -0.39 is 0 Å². The molecule has 0 aliphatic rings. The fourth-order valence-electron chi connectivity index (χ4n) is 0.724. The molecule has 0 amide bonds. The maximum Gasteiger partial charge on any atom is 0.120 e. The van der Waals surface area contributed by atoms with E-state index in [1.165, 1.54) is 0 Å². The van der Waals surface area contributed by atoms with Gasteiger partial charge in [0.1, 0.15) is 12.4 Å². The van der Waals surface area contributed by atoms with Crippen molar-refractivity contribution >= 4 is 11.6 Å². The van der Waals surface area contributed by atoms with E-state index >= 15 is 0 Å². The molecular formula is C9H10ClO2. The standard InChI is InChI=1S/C9H10ClO2/c1-11-6-7-12-9-4-2-8(10)3-5-9/h2,4-5H,6-7H2,1H3. The molecule has 0 saturated heterocycles. The molecule has 1 aromatic rings.